The summed E-state index contributed by atoms with van der Waals surface area (Å²) in [5.74, 6) is 0. The zero-order valence-electron chi connectivity index (χ0n) is 28.9. The van der Waals surface area contributed by atoms with Gasteiger partial charge in [-0.05, 0) is 97.6 Å². The van der Waals surface area contributed by atoms with Crippen LogP contribution in [0.5, 0.6) is 0 Å². The van der Waals surface area contributed by atoms with E-state index in [-0.39, 0.29) is 0 Å². The van der Waals surface area contributed by atoms with Crippen molar-refractivity contribution >= 4 is 50.4 Å². The van der Waals surface area contributed by atoms with Crippen LogP contribution in [0.3, 0.4) is 0 Å². The van der Waals surface area contributed by atoms with Gasteiger partial charge in [0.25, 0.3) is 0 Å². The summed E-state index contributed by atoms with van der Waals surface area (Å²) >= 11 is 1.89. The lowest BCUT2D eigenvalue weighted by Crippen LogP contribution is -2.36. The standard InChI is InChI=1S/C51H33NS/c1-3-16-34(17-4-1)41-32-35-18-7-8-19-36(35)33-47(41)52(37-20-5-2-6-21-37)46-31-30-39-38-22-9-10-24-42(38)51(45-27-15-23-40(46)50(39)45)43-25-11-13-28-48(43)53-49-29-14-12-26-44(49)51/h1-33H. The minimum absolute atomic E-state index is 0.476. The van der Waals surface area contributed by atoms with Crippen LogP contribution >= 0.6 is 11.8 Å². The molecule has 1 aliphatic carbocycles. The molecule has 0 unspecified atom stereocenters. The topological polar surface area (TPSA) is 3.24 Å². The number of nitrogens with zero attached hydrogens (tertiary/aromatic N) is 1. The Labute approximate surface area is 313 Å². The minimum atomic E-state index is -0.476. The van der Waals surface area contributed by atoms with Crippen LogP contribution in [-0.2, 0) is 5.41 Å². The van der Waals surface area contributed by atoms with Crippen molar-refractivity contribution in [2.75, 3.05) is 4.90 Å². The Kier molecular flexibility index (Phi) is 6.77. The Morgan fingerprint density at radius 3 is 1.70 bits per heavy atom. The molecule has 0 aromatic heterocycles. The first kappa shape index (κ1) is 30.3. The number of hydrogen-bond donors (Lipinski definition) is 0. The molecule has 0 atom stereocenters. The van der Waals surface area contributed by atoms with Gasteiger partial charge in [-0.25, -0.2) is 0 Å². The summed E-state index contributed by atoms with van der Waals surface area (Å²) in [4.78, 5) is 5.11. The normalized spacial score (nSPS) is 13.4. The number of hydrogen-bond acceptors (Lipinski definition) is 2. The molecule has 1 nitrogen and oxygen atoms in total. The summed E-state index contributed by atoms with van der Waals surface area (Å²) in [5, 5.41) is 4.99. The maximum Gasteiger partial charge on any atom is 0.0735 e. The molecule has 9 aromatic rings. The van der Waals surface area contributed by atoms with E-state index < -0.39 is 5.41 Å². The molecular formula is C51H33NS. The first-order valence-electron chi connectivity index (χ1n) is 18.3. The number of benzene rings is 9. The molecule has 1 heterocycles. The molecule has 0 bridgehead atoms. The molecular weight excluding hydrogens is 659 g/mol. The number of anilines is 3. The highest BCUT2D eigenvalue weighted by Gasteiger charge is 2.48. The third-order valence-electron chi connectivity index (χ3n) is 11.3. The fourth-order valence-corrected chi connectivity index (χ4v) is 10.3. The van der Waals surface area contributed by atoms with E-state index in [1.807, 2.05) is 11.8 Å². The number of fused-ring (bicyclic) bond motifs is 9. The summed E-state index contributed by atoms with van der Waals surface area (Å²) < 4.78 is 0. The van der Waals surface area contributed by atoms with Crippen molar-refractivity contribution in [1.82, 2.24) is 0 Å². The smallest absolute Gasteiger partial charge is 0.0735 e. The van der Waals surface area contributed by atoms with Crippen molar-refractivity contribution in [3.05, 3.63) is 222 Å². The van der Waals surface area contributed by atoms with Crippen LogP contribution in [0.2, 0.25) is 0 Å². The lowest BCUT2D eigenvalue weighted by molar-refractivity contribution is 0.707. The van der Waals surface area contributed by atoms with Gasteiger partial charge in [-0.1, -0.05) is 169 Å². The quantitative estimate of drug-likeness (QED) is 0.181. The Bertz CT molecular complexity index is 2830. The molecule has 0 saturated heterocycles. The van der Waals surface area contributed by atoms with Gasteiger partial charge < -0.3 is 4.90 Å². The van der Waals surface area contributed by atoms with E-state index in [0.29, 0.717) is 0 Å². The van der Waals surface area contributed by atoms with E-state index >= 15 is 0 Å². The van der Waals surface area contributed by atoms with Crippen LogP contribution in [-0.4, -0.2) is 0 Å². The fourth-order valence-electron chi connectivity index (χ4n) is 9.14. The van der Waals surface area contributed by atoms with Crippen LogP contribution in [0.15, 0.2) is 210 Å². The predicted molar refractivity (Wildman–Crippen MR) is 223 cm³/mol. The summed E-state index contributed by atoms with van der Waals surface area (Å²) in [6.07, 6.45) is 0. The lowest BCUT2D eigenvalue weighted by atomic mass is 9.59. The third-order valence-corrected chi connectivity index (χ3v) is 12.4. The first-order chi connectivity index (χ1) is 26.3. The SMILES string of the molecule is c1ccc(-c2cc3ccccc3cc2N(c2ccccc2)c2ccc3c4c(cccc24)C2(c4ccccc4Sc4ccccc42)c2ccccc2-3)cc1. The van der Waals surface area contributed by atoms with Crippen molar-refractivity contribution in [2.24, 2.45) is 0 Å². The van der Waals surface area contributed by atoms with Crippen LogP contribution in [0.4, 0.5) is 17.1 Å². The van der Waals surface area contributed by atoms with Gasteiger partial charge in [0, 0.05) is 26.4 Å². The van der Waals surface area contributed by atoms with E-state index in [9.17, 15) is 0 Å². The Morgan fingerprint density at radius 2 is 0.962 bits per heavy atom. The molecule has 1 spiro atoms. The second kappa shape index (κ2) is 11.8. The average Bonchev–Trinajstić information content (AvgIpc) is 3.23. The Hall–Kier alpha value is -6.35. The molecule has 2 aliphatic rings. The largest absolute Gasteiger partial charge is 0.309 e. The van der Waals surface area contributed by atoms with E-state index in [4.69, 9.17) is 0 Å². The van der Waals surface area contributed by atoms with Crippen molar-refractivity contribution < 1.29 is 0 Å². The zero-order chi connectivity index (χ0) is 34.9. The molecule has 53 heavy (non-hydrogen) atoms. The van der Waals surface area contributed by atoms with E-state index in [2.05, 4.69) is 205 Å². The van der Waals surface area contributed by atoms with Gasteiger partial charge in [0.15, 0.2) is 0 Å². The van der Waals surface area contributed by atoms with Crippen LogP contribution in [0, 0.1) is 0 Å². The summed E-state index contributed by atoms with van der Waals surface area (Å²) in [6.45, 7) is 0. The lowest BCUT2D eigenvalue weighted by Gasteiger charge is -2.46. The van der Waals surface area contributed by atoms with Crippen LogP contribution in [0.1, 0.15) is 22.3 Å². The van der Waals surface area contributed by atoms with Crippen molar-refractivity contribution in [3.8, 4) is 22.3 Å². The Balaban J connectivity index is 1.27. The maximum absolute atomic E-state index is 2.49. The van der Waals surface area contributed by atoms with Gasteiger partial charge in [0.1, 0.15) is 0 Å². The second-order valence-electron chi connectivity index (χ2n) is 14.0. The monoisotopic (exact) mass is 691 g/mol. The average molecular weight is 692 g/mol. The molecule has 0 N–H and O–H groups in total. The van der Waals surface area contributed by atoms with E-state index in [1.54, 1.807) is 0 Å². The highest BCUT2D eigenvalue weighted by Crippen LogP contribution is 2.62. The molecule has 2 heteroatoms. The van der Waals surface area contributed by atoms with Crippen molar-refractivity contribution in [1.29, 1.82) is 0 Å². The zero-order valence-corrected chi connectivity index (χ0v) is 29.7. The highest BCUT2D eigenvalue weighted by atomic mass is 32.2. The van der Waals surface area contributed by atoms with Gasteiger partial charge in [-0.3, -0.25) is 0 Å². The molecule has 248 valence electrons. The van der Waals surface area contributed by atoms with Gasteiger partial charge in [0.05, 0.1) is 16.8 Å². The molecule has 11 rings (SSSR count). The summed E-state index contributed by atoms with van der Waals surface area (Å²) in [7, 11) is 0. The first-order valence-corrected chi connectivity index (χ1v) is 19.1. The third kappa shape index (κ3) is 4.40. The van der Waals surface area contributed by atoms with Crippen molar-refractivity contribution in [2.45, 2.75) is 15.2 Å². The number of rotatable bonds is 4. The number of para-hydroxylation sites is 1. The molecule has 1 aliphatic heterocycles. The second-order valence-corrected chi connectivity index (χ2v) is 15.1. The van der Waals surface area contributed by atoms with E-state index in [1.165, 1.54) is 75.8 Å². The van der Waals surface area contributed by atoms with Crippen LogP contribution in [0.25, 0.3) is 43.8 Å². The van der Waals surface area contributed by atoms with Gasteiger partial charge >= 0.3 is 0 Å². The van der Waals surface area contributed by atoms with Gasteiger partial charge in [-0.15, -0.1) is 0 Å². The molecule has 9 aromatic carbocycles. The fraction of sp³-hybridized carbons (Fsp3) is 0.0196. The van der Waals surface area contributed by atoms with Gasteiger partial charge in [0.2, 0.25) is 0 Å². The predicted octanol–water partition coefficient (Wildman–Crippen LogP) is 14.0. The molecule has 0 saturated carbocycles. The minimum Gasteiger partial charge on any atom is -0.309 e. The van der Waals surface area contributed by atoms with Crippen molar-refractivity contribution in [3.63, 3.8) is 0 Å². The Morgan fingerprint density at radius 1 is 0.377 bits per heavy atom. The van der Waals surface area contributed by atoms with Gasteiger partial charge in [-0.2, -0.15) is 0 Å². The summed E-state index contributed by atoms with van der Waals surface area (Å²) in [6, 6.07) is 74.1. The maximum atomic E-state index is 2.49. The molecule has 0 fully saturated rings. The molecule has 0 radical (unpaired) electrons. The highest BCUT2D eigenvalue weighted by molar-refractivity contribution is 7.99. The van der Waals surface area contributed by atoms with E-state index in [0.717, 1.165) is 17.1 Å². The van der Waals surface area contributed by atoms with Crippen LogP contribution < -0.4 is 4.90 Å². The molecule has 0 amide bonds. The summed E-state index contributed by atoms with van der Waals surface area (Å²) in [5.41, 5.74) is 13.3.